The number of quaternary nitrogens is 1. The molecule has 1 aromatic carbocycles. The van der Waals surface area contributed by atoms with Crippen LogP contribution in [-0.4, -0.2) is 38.0 Å². The van der Waals surface area contributed by atoms with E-state index in [0.29, 0.717) is 10.6 Å². The van der Waals surface area contributed by atoms with E-state index in [4.69, 9.17) is 11.6 Å². The zero-order chi connectivity index (χ0) is 16.7. The number of hydrogen-bond donors (Lipinski definition) is 3. The van der Waals surface area contributed by atoms with E-state index in [1.165, 1.54) is 12.1 Å². The predicted octanol–water partition coefficient (Wildman–Crippen LogP) is 0.135. The molecule has 0 radical (unpaired) electrons. The predicted molar refractivity (Wildman–Crippen MR) is 83.2 cm³/mol. The van der Waals surface area contributed by atoms with Crippen molar-refractivity contribution in [2.75, 3.05) is 20.1 Å². The number of likely N-dealkylation sites (N-methyl/N-ethyl adjacent to an activating group) is 1. The average Bonchev–Trinajstić information content (AvgIpc) is 2.40. The van der Waals surface area contributed by atoms with Crippen molar-refractivity contribution >= 4 is 23.4 Å². The van der Waals surface area contributed by atoms with Gasteiger partial charge in [0.25, 0.3) is 5.91 Å². The average molecular weight is 331 g/mol. The molecule has 22 heavy (non-hydrogen) atoms. The summed E-state index contributed by atoms with van der Waals surface area (Å²) in [6.45, 7) is 4.03. The molecular formula is C15H22ClFN3O2+. The van der Waals surface area contributed by atoms with Gasteiger partial charge in [-0.15, -0.1) is 0 Å². The molecule has 2 amide bonds. The van der Waals surface area contributed by atoms with E-state index in [2.05, 4.69) is 10.6 Å². The Bertz CT molecular complexity index is 517. The Labute approximate surface area is 134 Å². The van der Waals surface area contributed by atoms with Crippen LogP contribution in [0.25, 0.3) is 0 Å². The summed E-state index contributed by atoms with van der Waals surface area (Å²) < 4.78 is 13.7. The number of hydrogen-bond acceptors (Lipinski definition) is 2. The molecule has 1 unspecified atom stereocenters. The molecule has 0 aliphatic heterocycles. The summed E-state index contributed by atoms with van der Waals surface area (Å²) in [7, 11) is 1.76. The van der Waals surface area contributed by atoms with Gasteiger partial charge in [0.05, 0.1) is 24.2 Å². The number of carbonyl (C=O) groups is 2. The molecule has 122 valence electrons. The lowest BCUT2D eigenvalue weighted by Crippen LogP contribution is -3.09. The molecule has 3 N–H and O–H groups in total. The summed E-state index contributed by atoms with van der Waals surface area (Å²) in [5.74, 6) is -0.898. The Hall–Kier alpha value is -1.66. The third-order valence-electron chi connectivity index (χ3n) is 2.90. The SMILES string of the molecule is CC(C)NC(=O)CNC(=O)C[NH+](C)Cc1c(F)cccc1Cl. The normalized spacial score (nSPS) is 12.1. The number of nitrogens with one attached hydrogen (secondary N) is 3. The Morgan fingerprint density at radius 2 is 2.00 bits per heavy atom. The van der Waals surface area contributed by atoms with Crippen LogP contribution in [0.1, 0.15) is 19.4 Å². The van der Waals surface area contributed by atoms with Crippen LogP contribution in [0.2, 0.25) is 5.02 Å². The van der Waals surface area contributed by atoms with E-state index in [1.54, 1.807) is 13.1 Å². The molecule has 0 spiro atoms. The maximum atomic E-state index is 13.7. The highest BCUT2D eigenvalue weighted by atomic mass is 35.5. The Morgan fingerprint density at radius 1 is 1.32 bits per heavy atom. The van der Waals surface area contributed by atoms with Gasteiger partial charge in [-0.05, 0) is 26.0 Å². The van der Waals surface area contributed by atoms with Crippen molar-refractivity contribution in [1.82, 2.24) is 10.6 Å². The van der Waals surface area contributed by atoms with Gasteiger partial charge in [0.2, 0.25) is 5.91 Å². The summed E-state index contributed by atoms with van der Waals surface area (Å²) in [6, 6.07) is 4.52. The summed E-state index contributed by atoms with van der Waals surface area (Å²) in [5, 5.41) is 5.56. The molecule has 0 heterocycles. The molecule has 7 heteroatoms. The van der Waals surface area contributed by atoms with Gasteiger partial charge < -0.3 is 15.5 Å². The minimum absolute atomic E-state index is 0.0286. The minimum Gasteiger partial charge on any atom is -0.352 e. The zero-order valence-corrected chi connectivity index (χ0v) is 13.8. The number of halogens is 2. The molecule has 0 aliphatic carbocycles. The first-order valence-electron chi connectivity index (χ1n) is 7.09. The number of amides is 2. The van der Waals surface area contributed by atoms with Crippen LogP contribution in [0.3, 0.4) is 0 Å². The highest BCUT2D eigenvalue weighted by molar-refractivity contribution is 6.31. The number of carbonyl (C=O) groups excluding carboxylic acids is 2. The summed E-state index contributed by atoms with van der Waals surface area (Å²) >= 11 is 5.95. The highest BCUT2D eigenvalue weighted by Crippen LogP contribution is 2.17. The first-order chi connectivity index (χ1) is 10.3. The van der Waals surface area contributed by atoms with Crippen LogP contribution in [0.4, 0.5) is 4.39 Å². The van der Waals surface area contributed by atoms with E-state index in [1.807, 2.05) is 13.8 Å². The topological polar surface area (TPSA) is 62.6 Å². The molecule has 0 aromatic heterocycles. The fourth-order valence-electron chi connectivity index (χ4n) is 1.95. The van der Waals surface area contributed by atoms with Gasteiger partial charge in [-0.3, -0.25) is 9.59 Å². The maximum absolute atomic E-state index is 13.7. The Kier molecular flexibility index (Phi) is 7.27. The molecule has 1 aromatic rings. The van der Waals surface area contributed by atoms with E-state index in [9.17, 15) is 14.0 Å². The van der Waals surface area contributed by atoms with Crippen LogP contribution >= 0.6 is 11.6 Å². The molecule has 5 nitrogen and oxygen atoms in total. The van der Waals surface area contributed by atoms with Crippen molar-refractivity contribution < 1.29 is 18.9 Å². The first kappa shape index (κ1) is 18.4. The summed E-state index contributed by atoms with van der Waals surface area (Å²) in [6.07, 6.45) is 0. The van der Waals surface area contributed by atoms with Gasteiger partial charge >= 0.3 is 0 Å². The van der Waals surface area contributed by atoms with Crippen molar-refractivity contribution in [3.8, 4) is 0 Å². The van der Waals surface area contributed by atoms with E-state index in [0.717, 1.165) is 4.90 Å². The minimum atomic E-state index is -0.386. The second kappa shape index (κ2) is 8.70. The van der Waals surface area contributed by atoms with E-state index < -0.39 is 0 Å². The van der Waals surface area contributed by atoms with Gasteiger partial charge in [-0.25, -0.2) is 4.39 Å². The van der Waals surface area contributed by atoms with Crippen LogP contribution < -0.4 is 15.5 Å². The molecule has 0 fully saturated rings. The second-order valence-corrected chi connectivity index (χ2v) is 5.92. The Morgan fingerprint density at radius 3 is 2.59 bits per heavy atom. The highest BCUT2D eigenvalue weighted by Gasteiger charge is 2.16. The number of rotatable bonds is 7. The lowest BCUT2D eigenvalue weighted by Gasteiger charge is -2.15. The third-order valence-corrected chi connectivity index (χ3v) is 3.25. The monoisotopic (exact) mass is 330 g/mol. The van der Waals surface area contributed by atoms with Gasteiger partial charge in [0.15, 0.2) is 6.54 Å². The van der Waals surface area contributed by atoms with Gasteiger partial charge in [-0.1, -0.05) is 17.7 Å². The van der Waals surface area contributed by atoms with Crippen molar-refractivity contribution in [2.45, 2.75) is 26.4 Å². The van der Waals surface area contributed by atoms with Crippen molar-refractivity contribution in [3.05, 3.63) is 34.6 Å². The lowest BCUT2D eigenvalue weighted by atomic mass is 10.2. The molecule has 0 saturated heterocycles. The smallest absolute Gasteiger partial charge is 0.275 e. The fraction of sp³-hybridized carbons (Fsp3) is 0.467. The van der Waals surface area contributed by atoms with Crippen molar-refractivity contribution in [3.63, 3.8) is 0 Å². The van der Waals surface area contributed by atoms with Gasteiger partial charge in [-0.2, -0.15) is 0 Å². The lowest BCUT2D eigenvalue weighted by molar-refractivity contribution is -0.885. The molecule has 1 rings (SSSR count). The largest absolute Gasteiger partial charge is 0.352 e. The van der Waals surface area contributed by atoms with E-state index in [-0.39, 0.29) is 43.3 Å². The van der Waals surface area contributed by atoms with Gasteiger partial charge in [0, 0.05) is 6.04 Å². The molecule has 0 aliphatic rings. The zero-order valence-electron chi connectivity index (χ0n) is 13.0. The van der Waals surface area contributed by atoms with Crippen molar-refractivity contribution in [2.24, 2.45) is 0 Å². The summed E-state index contributed by atoms with van der Waals surface area (Å²) in [5.41, 5.74) is 0.381. The van der Waals surface area contributed by atoms with E-state index >= 15 is 0 Å². The first-order valence-corrected chi connectivity index (χ1v) is 7.47. The third kappa shape index (κ3) is 6.41. The number of benzene rings is 1. The quantitative estimate of drug-likeness (QED) is 0.666. The second-order valence-electron chi connectivity index (χ2n) is 5.51. The van der Waals surface area contributed by atoms with Crippen molar-refractivity contribution in [1.29, 1.82) is 0 Å². The molecule has 1 atom stereocenters. The standard InChI is InChI=1S/C15H21ClFN3O2/c1-10(2)19-14(21)7-18-15(22)9-20(3)8-11-12(16)5-4-6-13(11)17/h4-6,10H,7-9H2,1-3H3,(H,18,22)(H,19,21)/p+1. The maximum Gasteiger partial charge on any atom is 0.275 e. The molecular weight excluding hydrogens is 309 g/mol. The van der Waals surface area contributed by atoms with Crippen LogP contribution in [0.15, 0.2) is 18.2 Å². The Balaban J connectivity index is 2.43. The molecule has 0 bridgehead atoms. The van der Waals surface area contributed by atoms with Crippen LogP contribution in [-0.2, 0) is 16.1 Å². The molecule has 0 saturated carbocycles. The van der Waals surface area contributed by atoms with Crippen LogP contribution in [0.5, 0.6) is 0 Å². The summed E-state index contributed by atoms with van der Waals surface area (Å²) in [4.78, 5) is 24.0. The van der Waals surface area contributed by atoms with Crippen LogP contribution in [0, 0.1) is 5.82 Å². The van der Waals surface area contributed by atoms with Gasteiger partial charge in [0.1, 0.15) is 12.4 Å². The fourth-order valence-corrected chi connectivity index (χ4v) is 2.18.